The lowest BCUT2D eigenvalue weighted by molar-refractivity contribution is 0.0699. The van der Waals surface area contributed by atoms with E-state index < -0.39 is 9.84 Å². The number of sulfone groups is 1. The minimum atomic E-state index is -2.83. The molecule has 4 rings (SSSR count). The summed E-state index contributed by atoms with van der Waals surface area (Å²) in [4.78, 5) is 5.78. The average Bonchev–Trinajstić information content (AvgIpc) is 3.04. The van der Waals surface area contributed by atoms with E-state index in [1.54, 1.807) is 0 Å². The highest BCUT2D eigenvalue weighted by Crippen LogP contribution is 2.27. The highest BCUT2D eigenvalue weighted by atomic mass is 32.2. The Kier molecular flexibility index (Phi) is 5.43. The molecular weight excluding hydrogens is 362 g/mol. The molecule has 1 aromatic heterocycles. The van der Waals surface area contributed by atoms with E-state index in [1.165, 1.54) is 10.9 Å². The van der Waals surface area contributed by atoms with E-state index >= 15 is 0 Å². The molecule has 27 heavy (non-hydrogen) atoms. The van der Waals surface area contributed by atoms with Crippen LogP contribution in [0.1, 0.15) is 24.1 Å². The zero-order valence-corrected chi connectivity index (χ0v) is 16.8. The van der Waals surface area contributed by atoms with E-state index in [0.29, 0.717) is 19.0 Å². The molecule has 0 radical (unpaired) electrons. The summed E-state index contributed by atoms with van der Waals surface area (Å²) in [7, 11) is -2.83. The SMILES string of the molecule is Cc1cc(NCC2CCOCC2)c2[nH]c(CN3CCS(=O)(=O)CC3)cc2c1. The summed E-state index contributed by atoms with van der Waals surface area (Å²) in [5.41, 5.74) is 4.69. The van der Waals surface area contributed by atoms with E-state index in [2.05, 4.69) is 40.3 Å². The first-order valence-corrected chi connectivity index (χ1v) is 11.7. The van der Waals surface area contributed by atoms with Crippen molar-refractivity contribution in [2.45, 2.75) is 26.3 Å². The van der Waals surface area contributed by atoms with Gasteiger partial charge in [0.1, 0.15) is 0 Å². The molecule has 1 aromatic carbocycles. The van der Waals surface area contributed by atoms with Gasteiger partial charge in [-0.3, -0.25) is 4.90 Å². The number of hydrogen-bond acceptors (Lipinski definition) is 5. The van der Waals surface area contributed by atoms with Gasteiger partial charge in [0.2, 0.25) is 0 Å². The number of aromatic amines is 1. The summed E-state index contributed by atoms with van der Waals surface area (Å²) < 4.78 is 28.7. The Hall–Kier alpha value is -1.57. The van der Waals surface area contributed by atoms with E-state index in [-0.39, 0.29) is 11.5 Å². The summed E-state index contributed by atoms with van der Waals surface area (Å²) in [6.45, 7) is 6.84. The topological polar surface area (TPSA) is 74.4 Å². The van der Waals surface area contributed by atoms with Crippen LogP contribution in [0.4, 0.5) is 5.69 Å². The Morgan fingerprint density at radius 2 is 1.93 bits per heavy atom. The van der Waals surface area contributed by atoms with Crippen molar-refractivity contribution in [2.24, 2.45) is 5.92 Å². The predicted octanol–water partition coefficient (Wildman–Crippen LogP) is 2.55. The van der Waals surface area contributed by atoms with Gasteiger partial charge in [-0.1, -0.05) is 0 Å². The van der Waals surface area contributed by atoms with Gasteiger partial charge in [-0.25, -0.2) is 8.42 Å². The zero-order valence-electron chi connectivity index (χ0n) is 16.0. The molecule has 2 aliphatic heterocycles. The second-order valence-electron chi connectivity index (χ2n) is 7.94. The monoisotopic (exact) mass is 391 g/mol. The van der Waals surface area contributed by atoms with Crippen LogP contribution in [0, 0.1) is 12.8 Å². The van der Waals surface area contributed by atoms with Crippen LogP contribution in [-0.4, -0.2) is 62.7 Å². The second kappa shape index (κ2) is 7.81. The highest BCUT2D eigenvalue weighted by molar-refractivity contribution is 7.91. The van der Waals surface area contributed by atoms with Crippen LogP contribution in [0.25, 0.3) is 10.9 Å². The molecule has 0 saturated carbocycles. The van der Waals surface area contributed by atoms with Crippen LogP contribution in [0.2, 0.25) is 0 Å². The third-order valence-corrected chi connectivity index (χ3v) is 7.29. The van der Waals surface area contributed by atoms with Crippen molar-refractivity contribution < 1.29 is 13.2 Å². The van der Waals surface area contributed by atoms with Crippen molar-refractivity contribution in [1.29, 1.82) is 0 Å². The molecule has 6 nitrogen and oxygen atoms in total. The lowest BCUT2D eigenvalue weighted by Crippen LogP contribution is -2.39. The van der Waals surface area contributed by atoms with Crippen molar-refractivity contribution in [3.8, 4) is 0 Å². The largest absolute Gasteiger partial charge is 0.383 e. The van der Waals surface area contributed by atoms with Crippen molar-refractivity contribution in [3.63, 3.8) is 0 Å². The number of H-pyrrole nitrogens is 1. The summed E-state index contributed by atoms with van der Waals surface area (Å²) in [6, 6.07) is 6.61. The molecule has 2 saturated heterocycles. The van der Waals surface area contributed by atoms with E-state index in [0.717, 1.165) is 56.0 Å². The molecule has 148 valence electrons. The summed E-state index contributed by atoms with van der Waals surface area (Å²) >= 11 is 0. The standard InChI is InChI=1S/C20H29N3O3S/c1-15-10-17-12-18(14-23-4-8-27(24,25)9-5-23)22-20(17)19(11-15)21-13-16-2-6-26-7-3-16/h10-12,16,21-22H,2-9,13-14H2,1H3. The molecule has 2 aromatic rings. The fourth-order valence-electron chi connectivity index (χ4n) is 4.03. The summed E-state index contributed by atoms with van der Waals surface area (Å²) in [5, 5.41) is 4.86. The number of rotatable bonds is 5. The first-order chi connectivity index (χ1) is 13.0. The molecule has 7 heteroatoms. The number of anilines is 1. The Bertz CT molecular complexity index is 887. The third-order valence-electron chi connectivity index (χ3n) is 5.68. The molecule has 2 N–H and O–H groups in total. The van der Waals surface area contributed by atoms with Gasteiger partial charge in [0, 0.05) is 50.5 Å². The minimum Gasteiger partial charge on any atom is -0.383 e. The van der Waals surface area contributed by atoms with Gasteiger partial charge in [0.05, 0.1) is 22.7 Å². The van der Waals surface area contributed by atoms with Crippen molar-refractivity contribution >= 4 is 26.4 Å². The van der Waals surface area contributed by atoms with E-state index in [4.69, 9.17) is 4.74 Å². The average molecular weight is 392 g/mol. The molecule has 0 aliphatic carbocycles. The minimum absolute atomic E-state index is 0.268. The number of aryl methyl sites for hydroxylation is 1. The number of nitrogens with one attached hydrogen (secondary N) is 2. The van der Waals surface area contributed by atoms with Gasteiger partial charge in [-0.2, -0.15) is 0 Å². The Balaban J connectivity index is 1.47. The van der Waals surface area contributed by atoms with Crippen LogP contribution in [-0.2, 0) is 21.1 Å². The maximum Gasteiger partial charge on any atom is 0.152 e. The quantitative estimate of drug-likeness (QED) is 0.819. The first kappa shape index (κ1) is 18.8. The number of nitrogens with zero attached hydrogens (tertiary/aromatic N) is 1. The number of fused-ring (bicyclic) bond motifs is 1. The molecule has 0 amide bonds. The van der Waals surface area contributed by atoms with Crippen LogP contribution in [0.5, 0.6) is 0 Å². The second-order valence-corrected chi connectivity index (χ2v) is 10.2. The van der Waals surface area contributed by atoms with Crippen molar-refractivity contribution in [2.75, 3.05) is 49.7 Å². The van der Waals surface area contributed by atoms with Gasteiger partial charge in [0.25, 0.3) is 0 Å². The fraction of sp³-hybridized carbons (Fsp3) is 0.600. The maximum atomic E-state index is 11.6. The molecule has 2 aliphatic rings. The van der Waals surface area contributed by atoms with Crippen molar-refractivity contribution in [3.05, 3.63) is 29.5 Å². The van der Waals surface area contributed by atoms with E-state index in [9.17, 15) is 8.42 Å². The molecule has 0 spiro atoms. The highest BCUT2D eigenvalue weighted by Gasteiger charge is 2.22. The lowest BCUT2D eigenvalue weighted by atomic mass is 10.0. The Labute approximate surface area is 161 Å². The van der Waals surface area contributed by atoms with Gasteiger partial charge < -0.3 is 15.0 Å². The Morgan fingerprint density at radius 1 is 1.19 bits per heavy atom. The van der Waals surface area contributed by atoms with E-state index in [1.807, 2.05) is 0 Å². The normalized spacial score (nSPS) is 21.5. The summed E-state index contributed by atoms with van der Waals surface area (Å²) in [6.07, 6.45) is 2.24. The number of ether oxygens (including phenoxy) is 1. The smallest absolute Gasteiger partial charge is 0.152 e. The lowest BCUT2D eigenvalue weighted by Gasteiger charge is -2.25. The van der Waals surface area contributed by atoms with Gasteiger partial charge >= 0.3 is 0 Å². The van der Waals surface area contributed by atoms with Crippen LogP contribution >= 0.6 is 0 Å². The predicted molar refractivity (Wildman–Crippen MR) is 109 cm³/mol. The fourth-order valence-corrected chi connectivity index (χ4v) is 5.31. The number of benzene rings is 1. The first-order valence-electron chi connectivity index (χ1n) is 9.85. The zero-order chi connectivity index (χ0) is 18.9. The molecule has 0 unspecified atom stereocenters. The number of hydrogen-bond donors (Lipinski definition) is 2. The van der Waals surface area contributed by atoms with Gasteiger partial charge in [0.15, 0.2) is 9.84 Å². The third kappa shape index (κ3) is 4.65. The molecular formula is C20H29N3O3S. The molecule has 2 fully saturated rings. The number of aromatic nitrogens is 1. The molecule has 0 bridgehead atoms. The molecule has 0 atom stereocenters. The van der Waals surface area contributed by atoms with Gasteiger partial charge in [-0.15, -0.1) is 0 Å². The maximum absolute atomic E-state index is 11.6. The summed E-state index contributed by atoms with van der Waals surface area (Å²) in [5.74, 6) is 1.20. The Morgan fingerprint density at radius 3 is 2.67 bits per heavy atom. The van der Waals surface area contributed by atoms with Crippen LogP contribution < -0.4 is 5.32 Å². The van der Waals surface area contributed by atoms with Crippen molar-refractivity contribution in [1.82, 2.24) is 9.88 Å². The molecule has 3 heterocycles. The van der Waals surface area contributed by atoms with Gasteiger partial charge in [-0.05, 0) is 49.4 Å². The van der Waals surface area contributed by atoms with Crippen LogP contribution in [0.3, 0.4) is 0 Å². The van der Waals surface area contributed by atoms with Crippen LogP contribution in [0.15, 0.2) is 18.2 Å².